The normalized spacial score (nSPS) is 18.4. The molecule has 0 bridgehead atoms. The van der Waals surface area contributed by atoms with Gasteiger partial charge >= 0.3 is 0 Å². The van der Waals surface area contributed by atoms with E-state index in [4.69, 9.17) is 5.11 Å². The molecule has 0 saturated carbocycles. The lowest BCUT2D eigenvalue weighted by Gasteiger charge is -2.24. The minimum Gasteiger partial charge on any atom is -0.756 e. The molecule has 0 aliphatic carbocycles. The lowest BCUT2D eigenvalue weighted by molar-refractivity contribution is -0.441. The Morgan fingerprint density at radius 1 is 1.41 bits per heavy atom. The summed E-state index contributed by atoms with van der Waals surface area (Å²) < 4.78 is 24.1. The molecule has 0 aromatic heterocycles. The largest absolute Gasteiger partial charge is 0.756 e. The molecule has 3 atom stereocenters. The number of carbonyl (C=O) groups excluding carboxylic acids is 1. The Morgan fingerprint density at radius 3 is 2.41 bits per heavy atom. The number of phosphoric acid groups is 1. The number of hydrogen-bond donors (Lipinski definition) is 2. The van der Waals surface area contributed by atoms with E-state index in [2.05, 4.69) is 19.5 Å². The molecule has 0 aliphatic heterocycles. The van der Waals surface area contributed by atoms with Gasteiger partial charge in [-0.2, -0.15) is 0 Å². The van der Waals surface area contributed by atoms with Crippen molar-refractivity contribution in [1.29, 1.82) is 0 Å². The molecular formula is C7H15NO8P-. The van der Waals surface area contributed by atoms with Gasteiger partial charge in [-0.05, 0) is 0 Å². The fourth-order valence-corrected chi connectivity index (χ4v) is 1.50. The molecule has 0 fully saturated rings. The smallest absolute Gasteiger partial charge is 0.268 e. The van der Waals surface area contributed by atoms with Crippen LogP contribution in [-0.2, 0) is 23.1 Å². The van der Waals surface area contributed by atoms with Gasteiger partial charge in [-0.25, -0.2) is 0 Å². The molecule has 17 heavy (non-hydrogen) atoms. The van der Waals surface area contributed by atoms with Crippen LogP contribution in [0.2, 0.25) is 0 Å². The molecule has 0 amide bonds. The summed E-state index contributed by atoms with van der Waals surface area (Å²) in [4.78, 5) is 21.3. The summed E-state index contributed by atoms with van der Waals surface area (Å²) in [5, 5.41) is 19.3. The predicted octanol–water partition coefficient (Wildman–Crippen LogP) is -4.14. The van der Waals surface area contributed by atoms with Gasteiger partial charge in [0, 0.05) is 7.11 Å². The SMILES string of the molecule is COCC(O)COP(=O)([O-])OCC([NH3+])C(=O)[O-]. The monoisotopic (exact) mass is 272 g/mol. The van der Waals surface area contributed by atoms with Gasteiger partial charge in [0.1, 0.15) is 24.7 Å². The number of rotatable bonds is 9. The van der Waals surface area contributed by atoms with E-state index < -0.39 is 39.2 Å². The van der Waals surface area contributed by atoms with Crippen molar-refractivity contribution in [3.8, 4) is 0 Å². The molecule has 102 valence electrons. The zero-order valence-electron chi connectivity index (χ0n) is 9.24. The molecule has 0 aromatic rings. The van der Waals surface area contributed by atoms with Crippen molar-refractivity contribution in [2.24, 2.45) is 0 Å². The molecular weight excluding hydrogens is 257 g/mol. The molecule has 10 heteroatoms. The van der Waals surface area contributed by atoms with Crippen LogP contribution in [0.1, 0.15) is 0 Å². The molecule has 0 radical (unpaired) electrons. The standard InChI is InChI=1S/C7H16NO8P/c1-14-2-5(9)3-15-17(12,13)16-4-6(8)7(10)11/h5-6,9H,2-4,8H2,1H3,(H,10,11)(H,12,13)/p-1. The van der Waals surface area contributed by atoms with E-state index in [0.29, 0.717) is 0 Å². The van der Waals surface area contributed by atoms with Gasteiger partial charge in [-0.15, -0.1) is 0 Å². The molecule has 0 heterocycles. The summed E-state index contributed by atoms with van der Waals surface area (Å²) in [5.41, 5.74) is 3.09. The highest BCUT2D eigenvalue weighted by Crippen LogP contribution is 2.38. The zero-order chi connectivity index (χ0) is 13.5. The van der Waals surface area contributed by atoms with Crippen LogP contribution in [0.15, 0.2) is 0 Å². The molecule has 0 rings (SSSR count). The molecule has 4 N–H and O–H groups in total. The summed E-state index contributed by atoms with van der Waals surface area (Å²) in [6.45, 7) is -1.33. The van der Waals surface area contributed by atoms with Crippen LogP contribution < -0.4 is 15.7 Å². The predicted molar refractivity (Wildman–Crippen MR) is 49.1 cm³/mol. The Labute approximate surface area is 97.7 Å². The van der Waals surface area contributed by atoms with Crippen LogP contribution in [0.5, 0.6) is 0 Å². The number of aliphatic carboxylic acids is 1. The van der Waals surface area contributed by atoms with Crippen LogP contribution in [0.3, 0.4) is 0 Å². The number of phosphoric ester groups is 1. The second-order valence-electron chi connectivity index (χ2n) is 3.16. The maximum Gasteiger partial charge on any atom is 0.268 e. The van der Waals surface area contributed by atoms with E-state index >= 15 is 0 Å². The first kappa shape index (κ1) is 16.5. The van der Waals surface area contributed by atoms with Gasteiger partial charge in [0.25, 0.3) is 7.82 Å². The lowest BCUT2D eigenvalue weighted by Crippen LogP contribution is -2.70. The topological polar surface area (TPSA) is 156 Å². The number of aliphatic hydroxyl groups excluding tert-OH is 1. The summed E-state index contributed by atoms with van der Waals surface area (Å²) >= 11 is 0. The number of methoxy groups -OCH3 is 1. The first-order valence-electron chi connectivity index (χ1n) is 4.59. The van der Waals surface area contributed by atoms with E-state index in [1.165, 1.54) is 7.11 Å². The van der Waals surface area contributed by atoms with Gasteiger partial charge in [0.15, 0.2) is 0 Å². The fraction of sp³-hybridized carbons (Fsp3) is 0.857. The van der Waals surface area contributed by atoms with E-state index in [0.717, 1.165) is 0 Å². The number of quaternary nitrogens is 1. The summed E-state index contributed by atoms with van der Waals surface area (Å²) in [6, 6.07) is -1.33. The average Bonchev–Trinajstić information content (AvgIpc) is 2.24. The summed E-state index contributed by atoms with van der Waals surface area (Å²) in [5.74, 6) is -1.54. The molecule has 9 nitrogen and oxygen atoms in total. The summed E-state index contributed by atoms with van der Waals surface area (Å²) in [7, 11) is -3.34. The van der Waals surface area contributed by atoms with Crippen LogP contribution in [0.4, 0.5) is 0 Å². The maximum atomic E-state index is 11.1. The number of aliphatic hydroxyl groups is 1. The maximum absolute atomic E-state index is 11.1. The second-order valence-corrected chi connectivity index (χ2v) is 4.57. The van der Waals surface area contributed by atoms with Crippen molar-refractivity contribution in [1.82, 2.24) is 0 Å². The third kappa shape index (κ3) is 8.22. The Balaban J connectivity index is 3.95. The Hall–Kier alpha value is -0.540. The third-order valence-electron chi connectivity index (χ3n) is 1.55. The van der Waals surface area contributed by atoms with Crippen LogP contribution in [-0.4, -0.2) is 50.2 Å². The van der Waals surface area contributed by atoms with Crippen molar-refractivity contribution in [2.45, 2.75) is 12.1 Å². The van der Waals surface area contributed by atoms with Crippen molar-refractivity contribution in [3.05, 3.63) is 0 Å². The number of ether oxygens (including phenoxy) is 1. The van der Waals surface area contributed by atoms with Crippen LogP contribution >= 0.6 is 7.82 Å². The van der Waals surface area contributed by atoms with Gasteiger partial charge < -0.3 is 39.4 Å². The molecule has 0 spiro atoms. The average molecular weight is 272 g/mol. The lowest BCUT2D eigenvalue weighted by atomic mass is 10.3. The van der Waals surface area contributed by atoms with Gasteiger partial charge in [0.05, 0.1) is 13.2 Å². The minimum atomic E-state index is -4.66. The molecule has 0 saturated heterocycles. The first-order valence-corrected chi connectivity index (χ1v) is 6.05. The van der Waals surface area contributed by atoms with Gasteiger partial charge in [-0.1, -0.05) is 0 Å². The Morgan fingerprint density at radius 2 is 1.94 bits per heavy atom. The van der Waals surface area contributed by atoms with Crippen molar-refractivity contribution in [2.75, 3.05) is 26.9 Å². The van der Waals surface area contributed by atoms with Gasteiger partial charge in [-0.3, -0.25) is 4.57 Å². The van der Waals surface area contributed by atoms with E-state index in [1.54, 1.807) is 0 Å². The third-order valence-corrected chi connectivity index (χ3v) is 2.48. The molecule has 3 unspecified atom stereocenters. The minimum absolute atomic E-state index is 0.100. The van der Waals surface area contributed by atoms with E-state index in [1.807, 2.05) is 0 Å². The van der Waals surface area contributed by atoms with E-state index in [9.17, 15) is 19.4 Å². The highest BCUT2D eigenvalue weighted by molar-refractivity contribution is 7.45. The zero-order valence-corrected chi connectivity index (χ0v) is 10.1. The highest BCUT2D eigenvalue weighted by atomic mass is 31.2. The van der Waals surface area contributed by atoms with Crippen molar-refractivity contribution in [3.63, 3.8) is 0 Å². The van der Waals surface area contributed by atoms with Crippen LogP contribution in [0.25, 0.3) is 0 Å². The Kier molecular flexibility index (Phi) is 7.48. The first-order chi connectivity index (χ1) is 7.78. The fourth-order valence-electron chi connectivity index (χ4n) is 0.704. The molecule has 0 aliphatic rings. The second kappa shape index (κ2) is 7.72. The number of hydrogen-bond acceptors (Lipinski definition) is 8. The van der Waals surface area contributed by atoms with Crippen LogP contribution in [0, 0.1) is 0 Å². The van der Waals surface area contributed by atoms with E-state index in [-0.39, 0.29) is 6.61 Å². The number of carbonyl (C=O) groups is 1. The van der Waals surface area contributed by atoms with Crippen molar-refractivity contribution < 1.29 is 44.0 Å². The Bertz CT molecular complexity index is 285. The highest BCUT2D eigenvalue weighted by Gasteiger charge is 2.16. The number of carboxylic acid groups (broad SMARTS) is 1. The molecule has 0 aromatic carbocycles. The van der Waals surface area contributed by atoms with Gasteiger partial charge in [0.2, 0.25) is 0 Å². The quantitative estimate of drug-likeness (QED) is 0.400. The van der Waals surface area contributed by atoms with Crippen molar-refractivity contribution >= 4 is 13.8 Å². The number of carboxylic acids is 1. The summed E-state index contributed by atoms with van der Waals surface area (Å²) in [6.07, 6.45) is -1.12.